The molecule has 1 N–H and O–H groups in total. The summed E-state index contributed by atoms with van der Waals surface area (Å²) in [6, 6.07) is 1.90. The summed E-state index contributed by atoms with van der Waals surface area (Å²) in [5.41, 5.74) is 0. The number of likely N-dealkylation sites (tertiary alicyclic amines) is 1. The third kappa shape index (κ3) is 5.05. The average Bonchev–Trinajstić information content (AvgIpc) is 3.15. The second-order valence-electron chi connectivity index (χ2n) is 10.3. The summed E-state index contributed by atoms with van der Waals surface area (Å²) in [4.78, 5) is 26.9. The molecule has 0 aromatic rings. The Labute approximate surface area is 184 Å². The fourth-order valence-electron chi connectivity index (χ4n) is 6.32. The molecule has 2 heterocycles. The number of cyclic esters (lactones) is 1. The molecule has 0 spiro atoms. The SMILES string of the molecule is CC1C(CCN2CCC(C(=O)NC3CCC(C#N)C(F)C3)CC2)CCC2C(=O)OCC21. The van der Waals surface area contributed by atoms with Gasteiger partial charge in [-0.1, -0.05) is 6.92 Å². The monoisotopic (exact) mass is 433 g/mol. The lowest BCUT2D eigenvalue weighted by Crippen LogP contribution is -2.46. The van der Waals surface area contributed by atoms with Gasteiger partial charge in [0.15, 0.2) is 0 Å². The van der Waals surface area contributed by atoms with E-state index in [1.165, 1.54) is 0 Å². The highest BCUT2D eigenvalue weighted by molar-refractivity contribution is 5.79. The van der Waals surface area contributed by atoms with E-state index < -0.39 is 12.1 Å². The Morgan fingerprint density at radius 2 is 2.00 bits per heavy atom. The summed E-state index contributed by atoms with van der Waals surface area (Å²) in [5.74, 6) is 1.27. The predicted molar refractivity (Wildman–Crippen MR) is 113 cm³/mol. The summed E-state index contributed by atoms with van der Waals surface area (Å²) < 4.78 is 19.3. The number of hydrogen-bond acceptors (Lipinski definition) is 5. The van der Waals surface area contributed by atoms with Gasteiger partial charge in [-0.3, -0.25) is 9.59 Å². The van der Waals surface area contributed by atoms with Crippen LogP contribution >= 0.6 is 0 Å². The number of rotatable bonds is 5. The normalized spacial score (nSPS) is 39.4. The van der Waals surface area contributed by atoms with Crippen molar-refractivity contribution in [2.75, 3.05) is 26.2 Å². The maximum Gasteiger partial charge on any atom is 0.309 e. The first-order valence-electron chi connectivity index (χ1n) is 12.2. The van der Waals surface area contributed by atoms with E-state index in [-0.39, 0.29) is 36.2 Å². The first-order valence-corrected chi connectivity index (χ1v) is 12.2. The standard InChI is InChI=1S/C24H36FN3O3/c1-15-16(3-5-20-21(15)14-31-24(20)30)6-9-28-10-7-17(8-11-28)23(29)27-19-4-2-18(13-26)22(25)12-19/h15-22H,2-12,14H2,1H3,(H,27,29). The Morgan fingerprint density at radius 3 is 2.71 bits per heavy atom. The van der Waals surface area contributed by atoms with Crippen molar-refractivity contribution in [1.82, 2.24) is 10.2 Å². The van der Waals surface area contributed by atoms with Gasteiger partial charge in [-0.25, -0.2) is 4.39 Å². The van der Waals surface area contributed by atoms with Gasteiger partial charge in [-0.2, -0.15) is 5.26 Å². The maximum absolute atomic E-state index is 14.0. The van der Waals surface area contributed by atoms with E-state index in [0.717, 1.165) is 51.7 Å². The Morgan fingerprint density at radius 1 is 1.23 bits per heavy atom. The van der Waals surface area contributed by atoms with E-state index in [0.29, 0.717) is 37.2 Å². The van der Waals surface area contributed by atoms with Crippen LogP contribution in [-0.4, -0.2) is 55.2 Å². The Hall–Kier alpha value is -1.68. The zero-order valence-corrected chi connectivity index (χ0v) is 18.6. The molecule has 0 aromatic carbocycles. The molecule has 31 heavy (non-hydrogen) atoms. The van der Waals surface area contributed by atoms with Crippen LogP contribution in [0.4, 0.5) is 4.39 Å². The van der Waals surface area contributed by atoms with Crippen LogP contribution in [0.2, 0.25) is 0 Å². The van der Waals surface area contributed by atoms with Gasteiger partial charge in [0.1, 0.15) is 6.17 Å². The zero-order valence-electron chi connectivity index (χ0n) is 18.6. The number of piperidine rings is 1. The molecule has 7 unspecified atom stereocenters. The third-order valence-corrected chi connectivity index (χ3v) is 8.56. The predicted octanol–water partition coefficient (Wildman–Crippen LogP) is 3.07. The average molecular weight is 434 g/mol. The number of nitriles is 1. The van der Waals surface area contributed by atoms with Crippen LogP contribution in [0.3, 0.4) is 0 Å². The minimum Gasteiger partial charge on any atom is -0.465 e. The fraction of sp³-hybridized carbons (Fsp3) is 0.875. The number of nitrogens with one attached hydrogen (secondary N) is 1. The van der Waals surface area contributed by atoms with Gasteiger partial charge in [0.25, 0.3) is 0 Å². The van der Waals surface area contributed by atoms with E-state index in [9.17, 15) is 14.0 Å². The van der Waals surface area contributed by atoms with Crippen molar-refractivity contribution in [2.45, 2.75) is 70.5 Å². The maximum atomic E-state index is 14.0. The first-order chi connectivity index (χ1) is 15.0. The quantitative estimate of drug-likeness (QED) is 0.674. The fourth-order valence-corrected chi connectivity index (χ4v) is 6.32. The van der Waals surface area contributed by atoms with Crippen LogP contribution in [0.15, 0.2) is 0 Å². The number of ether oxygens (including phenoxy) is 1. The van der Waals surface area contributed by atoms with E-state index in [1.807, 2.05) is 6.07 Å². The molecule has 2 aliphatic heterocycles. The van der Waals surface area contributed by atoms with Crippen LogP contribution in [0.1, 0.15) is 58.3 Å². The lowest BCUT2D eigenvalue weighted by molar-refractivity contribution is -0.141. The second-order valence-corrected chi connectivity index (χ2v) is 10.3. The number of nitrogens with zero attached hydrogens (tertiary/aromatic N) is 2. The lowest BCUT2D eigenvalue weighted by atomic mass is 9.67. The van der Waals surface area contributed by atoms with Crippen molar-refractivity contribution in [2.24, 2.45) is 35.5 Å². The number of hydrogen-bond donors (Lipinski definition) is 1. The zero-order chi connectivity index (χ0) is 22.0. The highest BCUT2D eigenvalue weighted by Crippen LogP contribution is 2.44. The highest BCUT2D eigenvalue weighted by atomic mass is 19.1. The van der Waals surface area contributed by atoms with Crippen molar-refractivity contribution >= 4 is 11.9 Å². The summed E-state index contributed by atoms with van der Waals surface area (Å²) in [6.45, 7) is 5.80. The lowest BCUT2D eigenvalue weighted by Gasteiger charge is -2.38. The molecular formula is C24H36FN3O3. The van der Waals surface area contributed by atoms with E-state index in [4.69, 9.17) is 10.00 Å². The van der Waals surface area contributed by atoms with Crippen molar-refractivity contribution in [1.29, 1.82) is 5.26 Å². The van der Waals surface area contributed by atoms with Gasteiger partial charge in [-0.15, -0.1) is 0 Å². The largest absolute Gasteiger partial charge is 0.465 e. The summed E-state index contributed by atoms with van der Waals surface area (Å²) in [6.07, 6.45) is 5.30. The molecule has 0 bridgehead atoms. The Balaban J connectivity index is 1.16. The number of fused-ring (bicyclic) bond motifs is 1. The Bertz CT molecular complexity index is 703. The van der Waals surface area contributed by atoms with Crippen molar-refractivity contribution in [3.63, 3.8) is 0 Å². The molecule has 1 amide bonds. The minimum absolute atomic E-state index is 0.00999. The second kappa shape index (κ2) is 9.85. The van der Waals surface area contributed by atoms with Crippen LogP contribution in [0.5, 0.6) is 0 Å². The van der Waals surface area contributed by atoms with Gasteiger partial charge in [-0.05, 0) is 76.4 Å². The van der Waals surface area contributed by atoms with E-state index in [1.54, 1.807) is 0 Å². The number of amides is 1. The molecule has 0 radical (unpaired) electrons. The summed E-state index contributed by atoms with van der Waals surface area (Å²) >= 11 is 0. The van der Waals surface area contributed by atoms with E-state index >= 15 is 0 Å². The van der Waals surface area contributed by atoms with Gasteiger partial charge in [0.2, 0.25) is 5.91 Å². The number of carbonyl (C=O) groups is 2. The van der Waals surface area contributed by atoms with E-state index in [2.05, 4.69) is 17.1 Å². The van der Waals surface area contributed by atoms with Gasteiger partial charge in [0, 0.05) is 24.3 Å². The molecule has 2 aliphatic carbocycles. The summed E-state index contributed by atoms with van der Waals surface area (Å²) in [7, 11) is 0. The number of halogens is 1. The third-order valence-electron chi connectivity index (χ3n) is 8.56. The number of alkyl halides is 1. The van der Waals surface area contributed by atoms with Crippen molar-refractivity contribution in [3.05, 3.63) is 0 Å². The molecule has 2 saturated heterocycles. The molecule has 4 fully saturated rings. The molecule has 7 atom stereocenters. The molecule has 2 saturated carbocycles. The van der Waals surface area contributed by atoms with Crippen LogP contribution < -0.4 is 5.32 Å². The smallest absolute Gasteiger partial charge is 0.309 e. The summed E-state index contributed by atoms with van der Waals surface area (Å²) in [5, 5.41) is 12.0. The minimum atomic E-state index is -1.13. The van der Waals surface area contributed by atoms with Crippen LogP contribution in [0, 0.1) is 46.8 Å². The number of esters is 1. The molecule has 172 valence electrons. The highest BCUT2D eigenvalue weighted by Gasteiger charge is 2.45. The van der Waals surface area contributed by atoms with Crippen LogP contribution in [0.25, 0.3) is 0 Å². The molecule has 0 aromatic heterocycles. The van der Waals surface area contributed by atoms with Gasteiger partial charge >= 0.3 is 5.97 Å². The molecule has 6 nitrogen and oxygen atoms in total. The molecule has 7 heteroatoms. The molecule has 4 rings (SSSR count). The van der Waals surface area contributed by atoms with Crippen molar-refractivity contribution < 1.29 is 18.7 Å². The number of carbonyl (C=O) groups excluding carboxylic acids is 2. The van der Waals surface area contributed by atoms with Crippen LogP contribution in [-0.2, 0) is 14.3 Å². The Kier molecular flexibility index (Phi) is 7.15. The molecular weight excluding hydrogens is 397 g/mol. The van der Waals surface area contributed by atoms with Gasteiger partial charge < -0.3 is 15.0 Å². The first kappa shape index (κ1) is 22.5. The van der Waals surface area contributed by atoms with Crippen molar-refractivity contribution in [3.8, 4) is 6.07 Å². The topological polar surface area (TPSA) is 82.4 Å². The van der Waals surface area contributed by atoms with Gasteiger partial charge in [0.05, 0.1) is 24.5 Å². The molecule has 4 aliphatic rings.